The van der Waals surface area contributed by atoms with Gasteiger partial charge in [0.1, 0.15) is 10.8 Å². The van der Waals surface area contributed by atoms with E-state index in [1.165, 1.54) is 5.56 Å². The maximum atomic E-state index is 6.07. The van der Waals surface area contributed by atoms with Gasteiger partial charge in [0, 0.05) is 23.0 Å². The molecule has 3 aromatic rings. The van der Waals surface area contributed by atoms with Gasteiger partial charge in [0.15, 0.2) is 0 Å². The highest BCUT2D eigenvalue weighted by Gasteiger charge is 2.07. The van der Waals surface area contributed by atoms with Crippen LogP contribution in [0.1, 0.15) is 11.3 Å². The van der Waals surface area contributed by atoms with Crippen molar-refractivity contribution >= 4 is 34.3 Å². The zero-order valence-electron chi connectivity index (χ0n) is 12.3. The van der Waals surface area contributed by atoms with Gasteiger partial charge in [-0.3, -0.25) is 4.98 Å². The Balaban J connectivity index is 1.87. The highest BCUT2D eigenvalue weighted by atomic mass is 35.5. The molecule has 112 valence electrons. The standard InChI is InChI=1S/C17H15ClN2OS/c1-11-7-16-15(8-13(18)9-19-16)17(20-11)22-10-12-3-5-14(21-2)6-4-12/h3-9H,10H2,1-2H3. The molecule has 0 unspecified atom stereocenters. The zero-order chi connectivity index (χ0) is 15.5. The lowest BCUT2D eigenvalue weighted by Crippen LogP contribution is -1.91. The van der Waals surface area contributed by atoms with Gasteiger partial charge >= 0.3 is 0 Å². The van der Waals surface area contributed by atoms with Crippen LogP contribution in [0.3, 0.4) is 0 Å². The Kier molecular flexibility index (Phi) is 4.50. The van der Waals surface area contributed by atoms with Crippen LogP contribution in [0.4, 0.5) is 0 Å². The highest BCUT2D eigenvalue weighted by Crippen LogP contribution is 2.30. The van der Waals surface area contributed by atoms with Crippen LogP contribution in [0, 0.1) is 6.92 Å². The minimum absolute atomic E-state index is 0.629. The lowest BCUT2D eigenvalue weighted by Gasteiger charge is -2.08. The number of halogens is 1. The van der Waals surface area contributed by atoms with Gasteiger partial charge in [-0.15, -0.1) is 11.8 Å². The van der Waals surface area contributed by atoms with Gasteiger partial charge in [0.05, 0.1) is 17.6 Å². The number of ether oxygens (including phenoxy) is 1. The highest BCUT2D eigenvalue weighted by molar-refractivity contribution is 7.98. The van der Waals surface area contributed by atoms with Crippen molar-refractivity contribution in [3.05, 3.63) is 58.9 Å². The summed E-state index contributed by atoms with van der Waals surface area (Å²) in [5.41, 5.74) is 3.10. The summed E-state index contributed by atoms with van der Waals surface area (Å²) < 4.78 is 5.18. The fourth-order valence-corrected chi connectivity index (χ4v) is 3.35. The number of nitrogens with zero attached hydrogens (tertiary/aromatic N) is 2. The molecule has 0 saturated carbocycles. The molecule has 0 aliphatic heterocycles. The summed E-state index contributed by atoms with van der Waals surface area (Å²) in [5.74, 6) is 1.70. The number of hydrogen-bond acceptors (Lipinski definition) is 4. The number of aromatic nitrogens is 2. The Labute approximate surface area is 138 Å². The zero-order valence-corrected chi connectivity index (χ0v) is 13.9. The number of hydrogen-bond donors (Lipinski definition) is 0. The van der Waals surface area contributed by atoms with Gasteiger partial charge in [-0.2, -0.15) is 0 Å². The Bertz CT molecular complexity index is 806. The molecule has 2 aromatic heterocycles. The molecule has 22 heavy (non-hydrogen) atoms. The quantitative estimate of drug-likeness (QED) is 0.638. The normalized spacial score (nSPS) is 10.9. The Morgan fingerprint density at radius 3 is 2.68 bits per heavy atom. The van der Waals surface area contributed by atoms with Crippen LogP contribution in [0.15, 0.2) is 47.6 Å². The third-order valence-corrected chi connectivity index (χ3v) is 4.54. The average molecular weight is 331 g/mol. The number of rotatable bonds is 4. The minimum Gasteiger partial charge on any atom is -0.497 e. The summed E-state index contributed by atoms with van der Waals surface area (Å²) in [6.45, 7) is 1.98. The van der Waals surface area contributed by atoms with E-state index in [2.05, 4.69) is 22.1 Å². The van der Waals surface area contributed by atoms with Crippen LogP contribution < -0.4 is 4.74 Å². The Hall–Kier alpha value is -1.78. The largest absolute Gasteiger partial charge is 0.497 e. The van der Waals surface area contributed by atoms with Gasteiger partial charge in [-0.25, -0.2) is 4.98 Å². The molecule has 3 rings (SSSR count). The predicted octanol–water partition coefficient (Wildman–Crippen LogP) is 4.89. The van der Waals surface area contributed by atoms with Crippen LogP contribution in [-0.2, 0) is 5.75 Å². The second kappa shape index (κ2) is 6.55. The molecule has 1 aromatic carbocycles. The van der Waals surface area contributed by atoms with Crippen molar-refractivity contribution in [3.63, 3.8) is 0 Å². The molecule has 0 saturated heterocycles. The first-order valence-electron chi connectivity index (χ1n) is 6.84. The van der Waals surface area contributed by atoms with E-state index in [4.69, 9.17) is 16.3 Å². The number of pyridine rings is 2. The number of aryl methyl sites for hydroxylation is 1. The molecule has 2 heterocycles. The molecule has 0 bridgehead atoms. The van der Waals surface area contributed by atoms with Crippen molar-refractivity contribution in [2.45, 2.75) is 17.7 Å². The average Bonchev–Trinajstić information content (AvgIpc) is 2.53. The topological polar surface area (TPSA) is 35.0 Å². The van der Waals surface area contributed by atoms with Gasteiger partial charge in [-0.1, -0.05) is 23.7 Å². The summed E-state index contributed by atoms with van der Waals surface area (Å²) in [6.07, 6.45) is 1.67. The second-order valence-electron chi connectivity index (χ2n) is 4.93. The molecule has 0 N–H and O–H groups in total. The van der Waals surface area contributed by atoms with Crippen LogP contribution in [-0.4, -0.2) is 17.1 Å². The van der Waals surface area contributed by atoms with Gasteiger partial charge < -0.3 is 4.74 Å². The van der Waals surface area contributed by atoms with Crippen LogP contribution >= 0.6 is 23.4 Å². The lowest BCUT2D eigenvalue weighted by atomic mass is 10.2. The van der Waals surface area contributed by atoms with Crippen molar-refractivity contribution in [3.8, 4) is 5.75 Å². The summed E-state index contributed by atoms with van der Waals surface area (Å²) in [4.78, 5) is 9.01. The van der Waals surface area contributed by atoms with Crippen molar-refractivity contribution in [1.29, 1.82) is 0 Å². The molecule has 0 spiro atoms. The maximum Gasteiger partial charge on any atom is 0.118 e. The lowest BCUT2D eigenvalue weighted by molar-refractivity contribution is 0.414. The van der Waals surface area contributed by atoms with E-state index in [9.17, 15) is 0 Å². The number of benzene rings is 1. The molecular formula is C17H15ClN2OS. The predicted molar refractivity (Wildman–Crippen MR) is 91.8 cm³/mol. The summed E-state index contributed by atoms with van der Waals surface area (Å²) >= 11 is 7.76. The van der Waals surface area contributed by atoms with E-state index in [-0.39, 0.29) is 0 Å². The Morgan fingerprint density at radius 1 is 1.18 bits per heavy atom. The summed E-state index contributed by atoms with van der Waals surface area (Å²) in [7, 11) is 1.67. The third kappa shape index (κ3) is 3.34. The number of thioether (sulfide) groups is 1. The molecule has 5 heteroatoms. The summed E-state index contributed by atoms with van der Waals surface area (Å²) in [6, 6.07) is 12.0. The van der Waals surface area contributed by atoms with Crippen molar-refractivity contribution in [2.24, 2.45) is 0 Å². The first-order chi connectivity index (χ1) is 10.7. The summed E-state index contributed by atoms with van der Waals surface area (Å²) in [5, 5.41) is 2.59. The van der Waals surface area contributed by atoms with Crippen LogP contribution in [0.2, 0.25) is 5.02 Å². The van der Waals surface area contributed by atoms with Gasteiger partial charge in [0.2, 0.25) is 0 Å². The SMILES string of the molecule is COc1ccc(CSc2nc(C)cc3ncc(Cl)cc23)cc1. The minimum atomic E-state index is 0.629. The van der Waals surface area contributed by atoms with E-state index in [1.54, 1.807) is 25.1 Å². The molecule has 0 amide bonds. The van der Waals surface area contributed by atoms with E-state index in [1.807, 2.05) is 31.2 Å². The second-order valence-corrected chi connectivity index (χ2v) is 6.33. The van der Waals surface area contributed by atoms with E-state index >= 15 is 0 Å². The van der Waals surface area contributed by atoms with Gasteiger partial charge in [-0.05, 0) is 36.8 Å². The van der Waals surface area contributed by atoms with Gasteiger partial charge in [0.25, 0.3) is 0 Å². The first-order valence-corrected chi connectivity index (χ1v) is 8.21. The Morgan fingerprint density at radius 2 is 1.95 bits per heavy atom. The van der Waals surface area contributed by atoms with Crippen LogP contribution in [0.5, 0.6) is 5.75 Å². The van der Waals surface area contributed by atoms with E-state index in [0.29, 0.717) is 5.02 Å². The number of fused-ring (bicyclic) bond motifs is 1. The molecule has 3 nitrogen and oxygen atoms in total. The van der Waals surface area contributed by atoms with Crippen molar-refractivity contribution in [1.82, 2.24) is 9.97 Å². The van der Waals surface area contributed by atoms with E-state index in [0.717, 1.165) is 33.1 Å². The molecule has 0 aliphatic rings. The van der Waals surface area contributed by atoms with Crippen LogP contribution in [0.25, 0.3) is 10.9 Å². The molecular weight excluding hydrogens is 316 g/mol. The molecule has 0 aliphatic carbocycles. The smallest absolute Gasteiger partial charge is 0.118 e. The molecule has 0 atom stereocenters. The van der Waals surface area contributed by atoms with E-state index < -0.39 is 0 Å². The number of methoxy groups -OCH3 is 1. The van der Waals surface area contributed by atoms with Crippen molar-refractivity contribution in [2.75, 3.05) is 7.11 Å². The monoisotopic (exact) mass is 330 g/mol. The fraction of sp³-hybridized carbons (Fsp3) is 0.176. The maximum absolute atomic E-state index is 6.07. The molecule has 0 radical (unpaired) electrons. The van der Waals surface area contributed by atoms with Crippen molar-refractivity contribution < 1.29 is 4.74 Å². The fourth-order valence-electron chi connectivity index (χ4n) is 2.17. The first kappa shape index (κ1) is 15.1. The third-order valence-electron chi connectivity index (χ3n) is 3.27. The molecule has 0 fully saturated rings.